The number of nitrogens with one attached hydrogen (secondary N) is 1. The molecule has 2 rings (SSSR count). The molecule has 0 amide bonds. The Balaban J connectivity index is 1.90. The number of pyridine rings is 1. The Hall–Kier alpha value is -1.84. The number of aromatic nitrogens is 3. The first-order valence-corrected chi connectivity index (χ1v) is 5.95. The number of aryl methyl sites for hydroxylation is 2. The van der Waals surface area contributed by atoms with Crippen molar-refractivity contribution in [2.24, 2.45) is 7.05 Å². The Morgan fingerprint density at radius 2 is 2.29 bits per heavy atom. The summed E-state index contributed by atoms with van der Waals surface area (Å²) in [5.41, 5.74) is 3.51. The van der Waals surface area contributed by atoms with Crippen LogP contribution in [0.2, 0.25) is 0 Å². The van der Waals surface area contributed by atoms with Gasteiger partial charge in [-0.2, -0.15) is 5.10 Å². The second-order valence-electron chi connectivity index (χ2n) is 4.05. The zero-order valence-electron chi connectivity index (χ0n) is 10.3. The second-order valence-corrected chi connectivity index (χ2v) is 4.05. The molecule has 2 aromatic rings. The zero-order valence-corrected chi connectivity index (χ0v) is 10.3. The number of anilines is 1. The summed E-state index contributed by atoms with van der Waals surface area (Å²) in [6.07, 6.45) is 7.67. The van der Waals surface area contributed by atoms with E-state index in [1.54, 1.807) is 6.20 Å². The van der Waals surface area contributed by atoms with Gasteiger partial charge in [0.15, 0.2) is 0 Å². The van der Waals surface area contributed by atoms with Gasteiger partial charge >= 0.3 is 0 Å². The van der Waals surface area contributed by atoms with E-state index >= 15 is 0 Å². The monoisotopic (exact) mass is 230 g/mol. The number of nitrogens with zero attached hydrogens (tertiary/aromatic N) is 3. The Morgan fingerprint density at radius 3 is 3.00 bits per heavy atom. The van der Waals surface area contributed by atoms with Gasteiger partial charge in [-0.25, -0.2) is 0 Å². The number of hydrogen-bond donors (Lipinski definition) is 1. The fraction of sp³-hybridized carbons (Fsp3) is 0.385. The minimum absolute atomic E-state index is 0.907. The first-order valence-electron chi connectivity index (χ1n) is 5.95. The molecule has 4 heteroatoms. The van der Waals surface area contributed by atoms with Crippen molar-refractivity contribution in [2.45, 2.75) is 19.8 Å². The predicted molar refractivity (Wildman–Crippen MR) is 69.0 cm³/mol. The van der Waals surface area contributed by atoms with Crippen molar-refractivity contribution in [3.8, 4) is 0 Å². The van der Waals surface area contributed by atoms with Crippen LogP contribution < -0.4 is 5.32 Å². The third-order valence-electron chi connectivity index (χ3n) is 2.69. The highest BCUT2D eigenvalue weighted by atomic mass is 15.3. The van der Waals surface area contributed by atoms with Crippen molar-refractivity contribution in [2.75, 3.05) is 11.9 Å². The van der Waals surface area contributed by atoms with E-state index in [2.05, 4.69) is 28.4 Å². The van der Waals surface area contributed by atoms with Crippen LogP contribution >= 0.6 is 0 Å². The molecule has 1 N–H and O–H groups in total. The fourth-order valence-corrected chi connectivity index (χ4v) is 1.83. The summed E-state index contributed by atoms with van der Waals surface area (Å²) in [6, 6.07) is 4.07. The Labute approximate surface area is 102 Å². The number of hydrogen-bond acceptors (Lipinski definition) is 3. The summed E-state index contributed by atoms with van der Waals surface area (Å²) in [4.78, 5) is 4.10. The normalized spacial score (nSPS) is 10.5. The van der Waals surface area contributed by atoms with Crippen LogP contribution in [0.5, 0.6) is 0 Å². The molecule has 2 heterocycles. The molecule has 0 atom stereocenters. The minimum Gasteiger partial charge on any atom is -0.382 e. The van der Waals surface area contributed by atoms with Gasteiger partial charge in [-0.3, -0.25) is 9.67 Å². The van der Waals surface area contributed by atoms with Gasteiger partial charge in [0.25, 0.3) is 0 Å². The van der Waals surface area contributed by atoms with Crippen LogP contribution in [0.4, 0.5) is 5.69 Å². The maximum absolute atomic E-state index is 4.40. The molecule has 0 spiro atoms. The van der Waals surface area contributed by atoms with Crippen LogP contribution in [-0.4, -0.2) is 21.3 Å². The van der Waals surface area contributed by atoms with E-state index in [1.807, 2.05) is 30.2 Å². The maximum atomic E-state index is 4.40. The zero-order chi connectivity index (χ0) is 12.1. The lowest BCUT2D eigenvalue weighted by Crippen LogP contribution is -2.05. The molecule has 0 aliphatic heterocycles. The summed E-state index contributed by atoms with van der Waals surface area (Å²) >= 11 is 0. The molecule has 90 valence electrons. The Kier molecular flexibility index (Phi) is 3.75. The van der Waals surface area contributed by atoms with E-state index in [9.17, 15) is 0 Å². The van der Waals surface area contributed by atoms with Crippen LogP contribution in [0.3, 0.4) is 0 Å². The largest absolute Gasteiger partial charge is 0.382 e. The van der Waals surface area contributed by atoms with Crippen molar-refractivity contribution in [1.29, 1.82) is 0 Å². The molecule has 0 fully saturated rings. The van der Waals surface area contributed by atoms with Crippen LogP contribution in [0.25, 0.3) is 0 Å². The Morgan fingerprint density at radius 1 is 1.41 bits per heavy atom. The fourth-order valence-electron chi connectivity index (χ4n) is 1.83. The van der Waals surface area contributed by atoms with Gasteiger partial charge in [0, 0.05) is 32.2 Å². The smallest absolute Gasteiger partial charge is 0.0853 e. The predicted octanol–water partition coefficient (Wildman–Crippen LogP) is 2.03. The van der Waals surface area contributed by atoms with Crippen molar-refractivity contribution < 1.29 is 0 Å². The molecule has 2 aromatic heterocycles. The SMILES string of the molecule is CCc1nn(C)cc1NCCc1cccnc1. The molecule has 0 aliphatic rings. The average molecular weight is 230 g/mol. The van der Waals surface area contributed by atoms with Crippen LogP contribution in [0, 0.1) is 0 Å². The van der Waals surface area contributed by atoms with Crippen LogP contribution in [-0.2, 0) is 19.9 Å². The summed E-state index contributed by atoms with van der Waals surface area (Å²) in [5, 5.41) is 7.82. The topological polar surface area (TPSA) is 42.7 Å². The van der Waals surface area contributed by atoms with E-state index in [0.717, 1.165) is 30.8 Å². The second kappa shape index (κ2) is 5.48. The molecule has 0 bridgehead atoms. The summed E-state index contributed by atoms with van der Waals surface area (Å²) in [5.74, 6) is 0. The van der Waals surface area contributed by atoms with E-state index in [1.165, 1.54) is 5.56 Å². The lowest BCUT2D eigenvalue weighted by molar-refractivity contribution is 0.746. The van der Waals surface area contributed by atoms with Gasteiger partial charge in [0.2, 0.25) is 0 Å². The highest BCUT2D eigenvalue weighted by molar-refractivity contribution is 5.46. The van der Waals surface area contributed by atoms with E-state index in [0.29, 0.717) is 0 Å². The molecule has 0 saturated heterocycles. The summed E-state index contributed by atoms with van der Waals surface area (Å²) in [7, 11) is 1.95. The lowest BCUT2D eigenvalue weighted by Gasteiger charge is -2.05. The Bertz CT molecular complexity index is 462. The van der Waals surface area contributed by atoms with Crippen LogP contribution in [0.1, 0.15) is 18.2 Å². The highest BCUT2D eigenvalue weighted by Crippen LogP contribution is 2.13. The molecule has 17 heavy (non-hydrogen) atoms. The molecule has 4 nitrogen and oxygen atoms in total. The van der Waals surface area contributed by atoms with Crippen LogP contribution in [0.15, 0.2) is 30.7 Å². The quantitative estimate of drug-likeness (QED) is 0.854. The highest BCUT2D eigenvalue weighted by Gasteiger charge is 2.04. The van der Waals surface area contributed by atoms with Crippen molar-refractivity contribution in [3.05, 3.63) is 42.0 Å². The third kappa shape index (κ3) is 3.06. The van der Waals surface area contributed by atoms with E-state index in [-0.39, 0.29) is 0 Å². The van der Waals surface area contributed by atoms with E-state index in [4.69, 9.17) is 0 Å². The van der Waals surface area contributed by atoms with Crippen molar-refractivity contribution in [1.82, 2.24) is 14.8 Å². The minimum atomic E-state index is 0.907. The molecule has 0 saturated carbocycles. The summed E-state index contributed by atoms with van der Waals surface area (Å²) < 4.78 is 1.85. The number of rotatable bonds is 5. The van der Waals surface area contributed by atoms with Crippen molar-refractivity contribution >= 4 is 5.69 Å². The van der Waals surface area contributed by atoms with Crippen molar-refractivity contribution in [3.63, 3.8) is 0 Å². The standard InChI is InChI=1S/C13H18N4/c1-3-12-13(10-17(2)16-12)15-8-6-11-5-4-7-14-9-11/h4-5,7,9-10,15H,3,6,8H2,1-2H3. The average Bonchev–Trinajstić information content (AvgIpc) is 2.71. The molecule has 0 aliphatic carbocycles. The van der Waals surface area contributed by atoms with Gasteiger partial charge in [0.05, 0.1) is 11.4 Å². The first-order chi connectivity index (χ1) is 8.29. The third-order valence-corrected chi connectivity index (χ3v) is 2.69. The van der Waals surface area contributed by atoms with Gasteiger partial charge in [0.1, 0.15) is 0 Å². The molecular formula is C13H18N4. The van der Waals surface area contributed by atoms with Gasteiger partial charge in [-0.1, -0.05) is 13.0 Å². The molecule has 0 aromatic carbocycles. The molecule has 0 unspecified atom stereocenters. The first kappa shape index (κ1) is 11.6. The van der Waals surface area contributed by atoms with E-state index < -0.39 is 0 Å². The lowest BCUT2D eigenvalue weighted by atomic mass is 10.2. The van der Waals surface area contributed by atoms with Gasteiger partial charge in [-0.05, 0) is 24.5 Å². The molecule has 0 radical (unpaired) electrons. The maximum Gasteiger partial charge on any atom is 0.0853 e. The van der Waals surface area contributed by atoms with Gasteiger partial charge < -0.3 is 5.32 Å². The van der Waals surface area contributed by atoms with Gasteiger partial charge in [-0.15, -0.1) is 0 Å². The summed E-state index contributed by atoms with van der Waals surface area (Å²) in [6.45, 7) is 3.03. The molecular weight excluding hydrogens is 212 g/mol.